The molecule has 0 bridgehead atoms. The quantitative estimate of drug-likeness (QED) is 0.787. The lowest BCUT2D eigenvalue weighted by atomic mass is 10.4. The summed E-state index contributed by atoms with van der Waals surface area (Å²) in [5, 5.41) is 3.70. The Labute approximate surface area is 80.9 Å². The Kier molecular flexibility index (Phi) is 2.83. The molecule has 1 aromatic heterocycles. The van der Waals surface area contributed by atoms with Crippen molar-refractivity contribution in [2.75, 3.05) is 0 Å². The van der Waals surface area contributed by atoms with Crippen LogP contribution in [-0.2, 0) is 0 Å². The molecule has 0 aliphatic rings. The molecule has 0 spiro atoms. The summed E-state index contributed by atoms with van der Waals surface area (Å²) in [5.74, 6) is -0.482. The number of thiophene rings is 1. The van der Waals surface area contributed by atoms with Crippen molar-refractivity contribution in [3.63, 3.8) is 0 Å². The number of imide groups is 1. The van der Waals surface area contributed by atoms with Crippen LogP contribution in [0.5, 0.6) is 0 Å². The van der Waals surface area contributed by atoms with Crippen LogP contribution in [0.1, 0.15) is 9.67 Å². The third-order valence-corrected chi connectivity index (χ3v) is 2.90. The maximum atomic E-state index is 11.1. The second-order valence-corrected chi connectivity index (χ2v) is 3.69. The van der Waals surface area contributed by atoms with Crippen molar-refractivity contribution >= 4 is 39.2 Å². The van der Waals surface area contributed by atoms with Crippen molar-refractivity contribution in [1.82, 2.24) is 5.32 Å². The van der Waals surface area contributed by atoms with Crippen molar-refractivity contribution < 1.29 is 9.59 Å². The van der Waals surface area contributed by atoms with E-state index in [0.717, 1.165) is 0 Å². The average Bonchev–Trinajstić information content (AvgIpc) is 2.33. The zero-order valence-corrected chi connectivity index (χ0v) is 8.24. The highest BCUT2D eigenvalue weighted by Crippen LogP contribution is 2.21. The molecule has 12 heavy (non-hydrogen) atoms. The predicted molar refractivity (Wildman–Crippen MR) is 49.1 cm³/mol. The first-order valence-electron chi connectivity index (χ1n) is 2.95. The van der Waals surface area contributed by atoms with Gasteiger partial charge in [0.1, 0.15) is 4.88 Å². The summed E-state index contributed by atoms with van der Waals surface area (Å²) in [6.45, 7) is 0. The van der Waals surface area contributed by atoms with Gasteiger partial charge in [-0.25, -0.2) is 4.79 Å². The summed E-state index contributed by atoms with van der Waals surface area (Å²) in [7, 11) is 0. The smallest absolute Gasteiger partial charge is 0.319 e. The van der Waals surface area contributed by atoms with Gasteiger partial charge in [-0.1, -0.05) is 0 Å². The van der Waals surface area contributed by atoms with Crippen molar-refractivity contribution in [2.24, 2.45) is 5.73 Å². The van der Waals surface area contributed by atoms with Gasteiger partial charge in [0.15, 0.2) is 0 Å². The van der Waals surface area contributed by atoms with Gasteiger partial charge in [0.05, 0.1) is 0 Å². The predicted octanol–water partition coefficient (Wildman–Crippen LogP) is 1.32. The second-order valence-electron chi connectivity index (χ2n) is 1.92. The van der Waals surface area contributed by atoms with E-state index in [9.17, 15) is 9.59 Å². The molecule has 0 atom stereocenters. The Morgan fingerprint density at radius 1 is 1.58 bits per heavy atom. The summed E-state index contributed by atoms with van der Waals surface area (Å²) >= 11 is 4.39. The van der Waals surface area contributed by atoms with Gasteiger partial charge in [0.2, 0.25) is 0 Å². The number of halogens is 1. The molecular weight excluding hydrogens is 244 g/mol. The molecule has 4 nitrogen and oxygen atoms in total. The molecule has 0 saturated heterocycles. The minimum Gasteiger partial charge on any atom is -0.351 e. The Morgan fingerprint density at radius 2 is 2.25 bits per heavy atom. The monoisotopic (exact) mass is 248 g/mol. The van der Waals surface area contributed by atoms with E-state index in [1.807, 2.05) is 5.32 Å². The Hall–Kier alpha value is -0.880. The fourth-order valence-electron chi connectivity index (χ4n) is 0.624. The fourth-order valence-corrected chi connectivity index (χ4v) is 2.07. The molecule has 0 aromatic carbocycles. The fraction of sp³-hybridized carbons (Fsp3) is 0. The van der Waals surface area contributed by atoms with Crippen molar-refractivity contribution in [3.8, 4) is 0 Å². The third-order valence-electron chi connectivity index (χ3n) is 1.06. The summed E-state index contributed by atoms with van der Waals surface area (Å²) in [5.41, 5.74) is 4.77. The summed E-state index contributed by atoms with van der Waals surface area (Å²) in [6.07, 6.45) is 0. The number of hydrogen-bond donors (Lipinski definition) is 2. The second kappa shape index (κ2) is 3.68. The highest BCUT2D eigenvalue weighted by molar-refractivity contribution is 9.10. The first kappa shape index (κ1) is 9.21. The maximum absolute atomic E-state index is 11.1. The van der Waals surface area contributed by atoms with E-state index in [1.54, 1.807) is 11.4 Å². The van der Waals surface area contributed by atoms with E-state index in [2.05, 4.69) is 15.9 Å². The van der Waals surface area contributed by atoms with Crippen LogP contribution < -0.4 is 11.1 Å². The van der Waals surface area contributed by atoms with Crippen LogP contribution in [0.25, 0.3) is 0 Å². The summed E-state index contributed by atoms with van der Waals surface area (Å²) < 4.78 is 0.659. The topological polar surface area (TPSA) is 72.2 Å². The van der Waals surface area contributed by atoms with Gasteiger partial charge in [0, 0.05) is 4.47 Å². The van der Waals surface area contributed by atoms with Gasteiger partial charge in [-0.05, 0) is 27.4 Å². The number of primary amides is 1. The first-order chi connectivity index (χ1) is 5.61. The van der Waals surface area contributed by atoms with Crippen LogP contribution >= 0.6 is 27.3 Å². The molecule has 0 aliphatic carbocycles. The molecule has 3 N–H and O–H groups in total. The van der Waals surface area contributed by atoms with E-state index < -0.39 is 11.9 Å². The normalized spacial score (nSPS) is 9.42. The molecule has 1 rings (SSSR count). The zero-order chi connectivity index (χ0) is 9.14. The van der Waals surface area contributed by atoms with Gasteiger partial charge in [-0.15, -0.1) is 11.3 Å². The maximum Gasteiger partial charge on any atom is 0.319 e. The highest BCUT2D eigenvalue weighted by atomic mass is 79.9. The van der Waals surface area contributed by atoms with Crippen molar-refractivity contribution in [1.29, 1.82) is 0 Å². The molecule has 0 aliphatic heterocycles. The molecule has 64 valence electrons. The van der Waals surface area contributed by atoms with Crippen LogP contribution in [0.4, 0.5) is 4.79 Å². The zero-order valence-electron chi connectivity index (χ0n) is 5.83. The van der Waals surface area contributed by atoms with E-state index in [4.69, 9.17) is 5.73 Å². The van der Waals surface area contributed by atoms with Gasteiger partial charge in [0.25, 0.3) is 5.91 Å². The largest absolute Gasteiger partial charge is 0.351 e. The standard InChI is InChI=1S/C6H5BrN2O2S/c7-3-1-2-12-4(3)5(10)9-6(8)11/h1-2H,(H3,8,9,10,11). The molecule has 3 amide bonds. The van der Waals surface area contributed by atoms with Crippen LogP contribution in [-0.4, -0.2) is 11.9 Å². The van der Waals surface area contributed by atoms with E-state index >= 15 is 0 Å². The number of nitrogens with two attached hydrogens (primary N) is 1. The minimum atomic E-state index is -0.847. The number of rotatable bonds is 1. The van der Waals surface area contributed by atoms with Gasteiger partial charge in [-0.2, -0.15) is 0 Å². The van der Waals surface area contributed by atoms with E-state index in [-0.39, 0.29) is 0 Å². The van der Waals surface area contributed by atoms with Gasteiger partial charge < -0.3 is 5.73 Å². The van der Waals surface area contributed by atoms with E-state index in [0.29, 0.717) is 9.35 Å². The lowest BCUT2D eigenvalue weighted by Gasteiger charge is -1.96. The first-order valence-corrected chi connectivity index (χ1v) is 4.62. The van der Waals surface area contributed by atoms with Gasteiger partial charge >= 0.3 is 6.03 Å². The van der Waals surface area contributed by atoms with Crippen molar-refractivity contribution in [2.45, 2.75) is 0 Å². The molecule has 0 fully saturated rings. The Morgan fingerprint density at radius 3 is 2.67 bits per heavy atom. The van der Waals surface area contributed by atoms with Crippen LogP contribution in [0.2, 0.25) is 0 Å². The van der Waals surface area contributed by atoms with Crippen LogP contribution in [0.15, 0.2) is 15.9 Å². The number of carbonyl (C=O) groups is 2. The highest BCUT2D eigenvalue weighted by Gasteiger charge is 2.12. The summed E-state index contributed by atoms with van der Waals surface area (Å²) in [4.78, 5) is 21.8. The van der Waals surface area contributed by atoms with E-state index in [1.165, 1.54) is 11.3 Å². The Bertz CT molecular complexity index is 323. The molecule has 1 aromatic rings. The lowest BCUT2D eigenvalue weighted by molar-refractivity contribution is 0.0969. The molecule has 0 saturated carbocycles. The molecule has 0 unspecified atom stereocenters. The number of hydrogen-bond acceptors (Lipinski definition) is 3. The molecule has 1 heterocycles. The Balaban J connectivity index is 2.78. The van der Waals surface area contributed by atoms with Crippen molar-refractivity contribution in [3.05, 3.63) is 20.8 Å². The average molecular weight is 249 g/mol. The van der Waals surface area contributed by atoms with Crippen LogP contribution in [0.3, 0.4) is 0 Å². The van der Waals surface area contributed by atoms with Gasteiger partial charge in [-0.3, -0.25) is 10.1 Å². The number of carbonyl (C=O) groups excluding carboxylic acids is 2. The number of amides is 3. The SMILES string of the molecule is NC(=O)NC(=O)c1sccc1Br. The minimum absolute atomic E-state index is 0.439. The molecular formula is C6H5BrN2O2S. The molecule has 0 radical (unpaired) electrons. The number of urea groups is 1. The lowest BCUT2D eigenvalue weighted by Crippen LogP contribution is -2.34. The molecule has 6 heteroatoms. The summed E-state index contributed by atoms with van der Waals surface area (Å²) in [6, 6.07) is 0.876. The number of nitrogens with one attached hydrogen (secondary N) is 1. The third kappa shape index (κ3) is 2.05. The van der Waals surface area contributed by atoms with Crippen LogP contribution in [0, 0.1) is 0 Å².